The molecule has 0 fully saturated rings. The van der Waals surface area contributed by atoms with E-state index in [1.807, 2.05) is 12.1 Å². The molecule has 0 radical (unpaired) electrons. The minimum atomic E-state index is -3.12. The monoisotopic (exact) mass is 307 g/mol. The van der Waals surface area contributed by atoms with Crippen LogP contribution in [0.15, 0.2) is 22.8 Å². The predicted octanol–water partition coefficient (Wildman–Crippen LogP) is 0.483. The van der Waals surface area contributed by atoms with Crippen LogP contribution in [0.3, 0.4) is 0 Å². The number of sulfonamides is 1. The summed E-state index contributed by atoms with van der Waals surface area (Å²) in [4.78, 5) is 4.16. The predicted molar refractivity (Wildman–Crippen MR) is 66.5 cm³/mol. The largest absolute Gasteiger partial charge is 0.310 e. The first-order valence-electron chi connectivity index (χ1n) is 4.76. The third-order valence-corrected chi connectivity index (χ3v) is 3.79. The third kappa shape index (κ3) is 5.02. The lowest BCUT2D eigenvalue weighted by molar-refractivity contribution is 0.582. The highest BCUT2D eigenvalue weighted by Crippen LogP contribution is 2.06. The Balaban J connectivity index is 2.29. The van der Waals surface area contributed by atoms with Gasteiger partial charge in [-0.15, -0.1) is 0 Å². The summed E-state index contributed by atoms with van der Waals surface area (Å²) in [5.41, 5.74) is 0.880. The lowest BCUT2D eigenvalue weighted by Gasteiger charge is -2.04. The molecule has 5 nitrogen and oxygen atoms in total. The van der Waals surface area contributed by atoms with Crippen LogP contribution in [-0.2, 0) is 16.6 Å². The van der Waals surface area contributed by atoms with E-state index in [1.165, 1.54) is 7.05 Å². The molecule has 2 N–H and O–H groups in total. The molecule has 0 unspecified atom stereocenters. The summed E-state index contributed by atoms with van der Waals surface area (Å²) in [5, 5.41) is 3.01. The summed E-state index contributed by atoms with van der Waals surface area (Å²) < 4.78 is 25.3. The Bertz CT molecular complexity index is 419. The zero-order valence-corrected chi connectivity index (χ0v) is 11.3. The van der Waals surface area contributed by atoms with Crippen LogP contribution in [0.1, 0.15) is 5.69 Å². The summed E-state index contributed by atoms with van der Waals surface area (Å²) in [6.07, 6.45) is 1.71. The summed E-state index contributed by atoms with van der Waals surface area (Å²) >= 11 is 3.29. The van der Waals surface area contributed by atoms with Crippen LogP contribution in [0.2, 0.25) is 0 Å². The summed E-state index contributed by atoms with van der Waals surface area (Å²) in [5.74, 6) is 0.0695. The van der Waals surface area contributed by atoms with E-state index in [0.717, 1.165) is 10.2 Å². The van der Waals surface area contributed by atoms with Gasteiger partial charge in [-0.2, -0.15) is 0 Å². The summed E-state index contributed by atoms with van der Waals surface area (Å²) in [6.45, 7) is 0.966. The highest BCUT2D eigenvalue weighted by Gasteiger charge is 2.05. The van der Waals surface area contributed by atoms with Crippen molar-refractivity contribution in [1.29, 1.82) is 0 Å². The molecular formula is C9H14BrN3O2S. The van der Waals surface area contributed by atoms with E-state index in [9.17, 15) is 8.42 Å². The van der Waals surface area contributed by atoms with Crippen LogP contribution in [-0.4, -0.2) is 32.7 Å². The molecule has 0 amide bonds. The van der Waals surface area contributed by atoms with Crippen molar-refractivity contribution in [3.8, 4) is 0 Å². The van der Waals surface area contributed by atoms with Gasteiger partial charge in [-0.05, 0) is 35.1 Å². The molecule has 1 rings (SSSR count). The number of halogens is 1. The maximum absolute atomic E-state index is 11.1. The van der Waals surface area contributed by atoms with Crippen molar-refractivity contribution in [2.75, 3.05) is 19.3 Å². The second kappa shape index (κ2) is 6.29. The second-order valence-electron chi connectivity index (χ2n) is 3.17. The van der Waals surface area contributed by atoms with Gasteiger partial charge in [0, 0.05) is 23.8 Å². The molecule has 0 aromatic carbocycles. The average molecular weight is 308 g/mol. The Labute approximate surface area is 104 Å². The Hall–Kier alpha value is -0.500. The molecule has 0 saturated carbocycles. The van der Waals surface area contributed by atoms with E-state index in [0.29, 0.717) is 13.1 Å². The number of hydrogen-bond donors (Lipinski definition) is 2. The number of hydrogen-bond acceptors (Lipinski definition) is 4. The Morgan fingerprint density at radius 1 is 1.44 bits per heavy atom. The van der Waals surface area contributed by atoms with Crippen LogP contribution in [0.5, 0.6) is 0 Å². The van der Waals surface area contributed by atoms with Crippen LogP contribution in [0.25, 0.3) is 0 Å². The van der Waals surface area contributed by atoms with Crippen molar-refractivity contribution < 1.29 is 8.42 Å². The highest BCUT2D eigenvalue weighted by molar-refractivity contribution is 9.10. The molecule has 0 aliphatic carbocycles. The minimum Gasteiger partial charge on any atom is -0.310 e. The Morgan fingerprint density at radius 2 is 2.19 bits per heavy atom. The van der Waals surface area contributed by atoms with Gasteiger partial charge in [0.1, 0.15) is 0 Å². The minimum absolute atomic E-state index is 0.0695. The number of aromatic nitrogens is 1. The van der Waals surface area contributed by atoms with Crippen LogP contribution in [0, 0.1) is 0 Å². The fraction of sp³-hybridized carbons (Fsp3) is 0.444. The lowest BCUT2D eigenvalue weighted by atomic mass is 10.3. The Morgan fingerprint density at radius 3 is 2.75 bits per heavy atom. The molecule has 0 atom stereocenters. The molecule has 1 heterocycles. The molecule has 1 aromatic heterocycles. The van der Waals surface area contributed by atoms with Crippen molar-refractivity contribution >= 4 is 26.0 Å². The van der Waals surface area contributed by atoms with Crippen molar-refractivity contribution in [2.24, 2.45) is 0 Å². The van der Waals surface area contributed by atoms with E-state index in [-0.39, 0.29) is 5.75 Å². The number of nitrogens with zero attached hydrogens (tertiary/aromatic N) is 1. The molecule has 0 saturated heterocycles. The summed E-state index contributed by atoms with van der Waals surface area (Å²) in [6, 6.07) is 3.78. The molecule has 0 bridgehead atoms. The van der Waals surface area contributed by atoms with E-state index >= 15 is 0 Å². The quantitative estimate of drug-likeness (QED) is 0.750. The lowest BCUT2D eigenvalue weighted by Crippen LogP contribution is -2.29. The van der Waals surface area contributed by atoms with Crippen LogP contribution in [0.4, 0.5) is 0 Å². The summed E-state index contributed by atoms with van der Waals surface area (Å²) in [7, 11) is -1.71. The standard InChI is InChI=1S/C9H14BrN3O2S/c1-11-16(14,15)5-4-12-7-9-3-2-8(10)6-13-9/h2-3,6,11-12H,4-5,7H2,1H3. The average Bonchev–Trinajstić information content (AvgIpc) is 2.27. The van der Waals surface area contributed by atoms with Gasteiger partial charge in [-0.3, -0.25) is 4.98 Å². The fourth-order valence-electron chi connectivity index (χ4n) is 1.04. The van der Waals surface area contributed by atoms with Gasteiger partial charge in [0.05, 0.1) is 11.4 Å². The first-order valence-corrected chi connectivity index (χ1v) is 7.20. The topological polar surface area (TPSA) is 71.1 Å². The van der Waals surface area contributed by atoms with Crippen molar-refractivity contribution in [3.63, 3.8) is 0 Å². The van der Waals surface area contributed by atoms with Gasteiger partial charge in [-0.25, -0.2) is 13.1 Å². The van der Waals surface area contributed by atoms with Crippen molar-refractivity contribution in [3.05, 3.63) is 28.5 Å². The third-order valence-electron chi connectivity index (χ3n) is 1.95. The molecule has 0 aliphatic rings. The SMILES string of the molecule is CNS(=O)(=O)CCNCc1ccc(Br)cn1. The molecule has 0 spiro atoms. The van der Waals surface area contributed by atoms with Gasteiger partial charge in [0.2, 0.25) is 10.0 Å². The molecule has 7 heteroatoms. The Kier molecular flexibility index (Phi) is 5.33. The number of pyridine rings is 1. The van der Waals surface area contributed by atoms with Gasteiger partial charge in [-0.1, -0.05) is 0 Å². The number of rotatable bonds is 6. The fourth-order valence-corrected chi connectivity index (χ4v) is 1.89. The van der Waals surface area contributed by atoms with E-state index in [2.05, 4.69) is 31.0 Å². The van der Waals surface area contributed by atoms with E-state index < -0.39 is 10.0 Å². The molecule has 0 aliphatic heterocycles. The van der Waals surface area contributed by atoms with Gasteiger partial charge < -0.3 is 5.32 Å². The van der Waals surface area contributed by atoms with Gasteiger partial charge in [0.25, 0.3) is 0 Å². The van der Waals surface area contributed by atoms with E-state index in [1.54, 1.807) is 6.20 Å². The maximum Gasteiger partial charge on any atom is 0.212 e. The van der Waals surface area contributed by atoms with Crippen molar-refractivity contribution in [1.82, 2.24) is 15.0 Å². The van der Waals surface area contributed by atoms with Crippen molar-refractivity contribution in [2.45, 2.75) is 6.54 Å². The van der Waals surface area contributed by atoms with Gasteiger partial charge >= 0.3 is 0 Å². The normalized spacial score (nSPS) is 11.6. The van der Waals surface area contributed by atoms with Gasteiger partial charge in [0.15, 0.2) is 0 Å². The molecule has 1 aromatic rings. The molecule has 90 valence electrons. The van der Waals surface area contributed by atoms with Crippen LogP contribution < -0.4 is 10.0 Å². The molecule has 16 heavy (non-hydrogen) atoms. The number of nitrogens with one attached hydrogen (secondary N) is 2. The highest BCUT2D eigenvalue weighted by atomic mass is 79.9. The first kappa shape index (κ1) is 13.6. The first-order chi connectivity index (χ1) is 7.53. The smallest absolute Gasteiger partial charge is 0.212 e. The maximum atomic E-state index is 11.1. The zero-order chi connectivity index (χ0) is 12.0. The second-order valence-corrected chi connectivity index (χ2v) is 6.13. The van der Waals surface area contributed by atoms with E-state index in [4.69, 9.17) is 0 Å². The van der Waals surface area contributed by atoms with Crippen LogP contribution >= 0.6 is 15.9 Å². The molecular weight excluding hydrogens is 294 g/mol. The zero-order valence-electron chi connectivity index (χ0n) is 8.90.